The van der Waals surface area contributed by atoms with Gasteiger partial charge >= 0.3 is 0 Å². The number of nitrogens with zero attached hydrogens (tertiary/aromatic N) is 2. The number of ether oxygens (including phenoxy) is 1. The number of hydrogen-bond donors (Lipinski definition) is 1. The summed E-state index contributed by atoms with van der Waals surface area (Å²) in [5, 5.41) is 8.21. The fourth-order valence-corrected chi connectivity index (χ4v) is 3.83. The molecule has 0 unspecified atom stereocenters. The molecule has 0 saturated carbocycles. The van der Waals surface area contributed by atoms with Crippen molar-refractivity contribution in [1.29, 1.82) is 0 Å². The minimum absolute atomic E-state index is 0.176. The Morgan fingerprint density at radius 3 is 2.55 bits per heavy atom. The number of carbonyl (C=O) groups is 1. The third-order valence-corrected chi connectivity index (χ3v) is 5.70. The van der Waals surface area contributed by atoms with Crippen LogP contribution >= 0.6 is 23.2 Å². The third kappa shape index (κ3) is 5.97. The number of nitrogens with one attached hydrogen (secondary N) is 1. The van der Waals surface area contributed by atoms with E-state index in [-0.39, 0.29) is 12.4 Å². The Bertz CT molecular complexity index is 1210. The fraction of sp³-hybridized carbons (Fsp3) is 0.200. The second-order valence-electron chi connectivity index (χ2n) is 7.50. The van der Waals surface area contributed by atoms with Crippen LogP contribution in [0.25, 0.3) is 0 Å². The predicted octanol–water partition coefficient (Wildman–Crippen LogP) is 6.62. The Balaban J connectivity index is 1.32. The van der Waals surface area contributed by atoms with Crippen LogP contribution in [0.1, 0.15) is 40.8 Å². The van der Waals surface area contributed by atoms with Crippen molar-refractivity contribution in [2.75, 3.05) is 5.32 Å². The molecule has 2 heterocycles. The molecule has 1 amide bonds. The molecule has 4 rings (SSSR count). The Morgan fingerprint density at radius 2 is 1.82 bits per heavy atom. The number of rotatable bonds is 9. The maximum Gasteiger partial charge on any atom is 0.292 e. The van der Waals surface area contributed by atoms with Crippen molar-refractivity contribution in [3.8, 4) is 5.75 Å². The van der Waals surface area contributed by atoms with Crippen LogP contribution in [0.15, 0.2) is 71.3 Å². The molecule has 4 aromatic rings. The van der Waals surface area contributed by atoms with E-state index in [1.165, 1.54) is 5.56 Å². The van der Waals surface area contributed by atoms with Crippen molar-refractivity contribution in [3.05, 3.63) is 99.6 Å². The van der Waals surface area contributed by atoms with Crippen LogP contribution < -0.4 is 10.1 Å². The number of halogens is 2. The molecule has 0 radical (unpaired) electrons. The lowest BCUT2D eigenvalue weighted by molar-refractivity contribution is 0.0992. The zero-order valence-electron chi connectivity index (χ0n) is 18.1. The molecule has 170 valence electrons. The van der Waals surface area contributed by atoms with E-state index < -0.39 is 5.91 Å². The van der Waals surface area contributed by atoms with Gasteiger partial charge in [-0.05, 0) is 48.4 Å². The SMILES string of the molecule is CCCc1ccc(OCc2ccc(C(=O)Nc3ccn(Cc4c(Cl)cccc4Cl)n3)o2)cc1. The molecule has 0 saturated heterocycles. The molecule has 0 aliphatic carbocycles. The van der Waals surface area contributed by atoms with Crippen molar-refractivity contribution in [2.45, 2.75) is 32.9 Å². The van der Waals surface area contributed by atoms with Crippen molar-refractivity contribution in [2.24, 2.45) is 0 Å². The number of anilines is 1. The highest BCUT2D eigenvalue weighted by Gasteiger charge is 2.14. The van der Waals surface area contributed by atoms with Crippen molar-refractivity contribution >= 4 is 34.9 Å². The normalized spacial score (nSPS) is 10.9. The molecule has 0 bridgehead atoms. The van der Waals surface area contributed by atoms with Crippen LogP contribution in [-0.2, 0) is 19.6 Å². The summed E-state index contributed by atoms with van der Waals surface area (Å²) in [7, 11) is 0. The highest BCUT2D eigenvalue weighted by molar-refractivity contribution is 6.35. The molecule has 0 aliphatic rings. The first-order valence-electron chi connectivity index (χ1n) is 10.6. The van der Waals surface area contributed by atoms with E-state index in [0.29, 0.717) is 28.2 Å². The van der Waals surface area contributed by atoms with Crippen molar-refractivity contribution in [1.82, 2.24) is 9.78 Å². The molecule has 1 N–H and O–H groups in total. The number of hydrogen-bond acceptors (Lipinski definition) is 4. The number of aromatic nitrogens is 2. The lowest BCUT2D eigenvalue weighted by Gasteiger charge is -2.07. The van der Waals surface area contributed by atoms with Gasteiger partial charge in [0, 0.05) is 27.9 Å². The molecular weight excluding hydrogens is 461 g/mol. The Hall–Kier alpha value is -3.22. The average Bonchev–Trinajstić information content (AvgIpc) is 3.46. The number of carbonyl (C=O) groups excluding carboxylic acids is 1. The molecular formula is C25H23Cl2N3O3. The van der Waals surface area contributed by atoms with Gasteiger partial charge < -0.3 is 14.5 Å². The zero-order chi connectivity index (χ0) is 23.2. The molecule has 0 atom stereocenters. The number of benzene rings is 2. The van der Waals surface area contributed by atoms with Crippen LogP contribution in [0.2, 0.25) is 10.0 Å². The molecule has 33 heavy (non-hydrogen) atoms. The van der Waals surface area contributed by atoms with Gasteiger partial charge in [0.15, 0.2) is 11.6 Å². The summed E-state index contributed by atoms with van der Waals surface area (Å²) in [5.74, 6) is 1.48. The zero-order valence-corrected chi connectivity index (χ0v) is 19.6. The van der Waals surface area contributed by atoms with E-state index in [4.69, 9.17) is 32.4 Å². The minimum Gasteiger partial charge on any atom is -0.486 e. The number of furan rings is 1. The van der Waals surface area contributed by atoms with E-state index in [0.717, 1.165) is 24.2 Å². The Kier molecular flexibility index (Phi) is 7.37. The number of amides is 1. The maximum absolute atomic E-state index is 12.5. The van der Waals surface area contributed by atoms with Gasteiger partial charge in [-0.25, -0.2) is 0 Å². The average molecular weight is 484 g/mol. The first-order valence-corrected chi connectivity index (χ1v) is 11.4. The summed E-state index contributed by atoms with van der Waals surface area (Å²) in [6.45, 7) is 2.76. The van der Waals surface area contributed by atoms with Gasteiger partial charge in [0.1, 0.15) is 18.1 Å². The van der Waals surface area contributed by atoms with E-state index in [9.17, 15) is 4.79 Å². The van der Waals surface area contributed by atoms with Crippen LogP contribution in [-0.4, -0.2) is 15.7 Å². The minimum atomic E-state index is -0.397. The molecule has 0 aliphatic heterocycles. The molecule has 6 nitrogen and oxygen atoms in total. The lowest BCUT2D eigenvalue weighted by Crippen LogP contribution is -2.12. The highest BCUT2D eigenvalue weighted by atomic mass is 35.5. The van der Waals surface area contributed by atoms with E-state index in [1.54, 1.807) is 47.3 Å². The summed E-state index contributed by atoms with van der Waals surface area (Å²) in [6.07, 6.45) is 3.89. The van der Waals surface area contributed by atoms with E-state index in [1.807, 2.05) is 12.1 Å². The van der Waals surface area contributed by atoms with E-state index >= 15 is 0 Å². The maximum atomic E-state index is 12.5. The first-order chi connectivity index (χ1) is 16.0. The van der Waals surface area contributed by atoms with Crippen LogP contribution in [0, 0.1) is 0 Å². The Morgan fingerprint density at radius 1 is 1.06 bits per heavy atom. The lowest BCUT2D eigenvalue weighted by atomic mass is 10.1. The van der Waals surface area contributed by atoms with Gasteiger partial charge in [0.2, 0.25) is 0 Å². The van der Waals surface area contributed by atoms with Crippen LogP contribution in [0.3, 0.4) is 0 Å². The molecule has 2 aromatic heterocycles. The fourth-order valence-electron chi connectivity index (χ4n) is 3.31. The van der Waals surface area contributed by atoms with Gasteiger partial charge in [-0.3, -0.25) is 9.48 Å². The smallest absolute Gasteiger partial charge is 0.292 e. The van der Waals surface area contributed by atoms with Crippen molar-refractivity contribution in [3.63, 3.8) is 0 Å². The van der Waals surface area contributed by atoms with Crippen molar-refractivity contribution < 1.29 is 13.9 Å². The second kappa shape index (κ2) is 10.6. The Labute approximate surface area is 202 Å². The summed E-state index contributed by atoms with van der Waals surface area (Å²) in [6, 6.07) is 18.3. The van der Waals surface area contributed by atoms with Gasteiger partial charge in [0.25, 0.3) is 5.91 Å². The van der Waals surface area contributed by atoms with Crippen LogP contribution in [0.5, 0.6) is 5.75 Å². The molecule has 8 heteroatoms. The van der Waals surface area contributed by atoms with Gasteiger partial charge in [-0.15, -0.1) is 0 Å². The molecule has 2 aromatic carbocycles. The number of aryl methyl sites for hydroxylation is 1. The highest BCUT2D eigenvalue weighted by Crippen LogP contribution is 2.25. The van der Waals surface area contributed by atoms with E-state index in [2.05, 4.69) is 29.5 Å². The monoisotopic (exact) mass is 483 g/mol. The second-order valence-corrected chi connectivity index (χ2v) is 8.32. The molecule has 0 spiro atoms. The summed E-state index contributed by atoms with van der Waals surface area (Å²) >= 11 is 12.4. The largest absolute Gasteiger partial charge is 0.486 e. The third-order valence-electron chi connectivity index (χ3n) is 4.99. The quantitative estimate of drug-likeness (QED) is 0.290. The summed E-state index contributed by atoms with van der Waals surface area (Å²) in [5.41, 5.74) is 2.04. The van der Waals surface area contributed by atoms with Gasteiger partial charge in [0.05, 0.1) is 6.54 Å². The molecule has 0 fully saturated rings. The topological polar surface area (TPSA) is 69.3 Å². The summed E-state index contributed by atoms with van der Waals surface area (Å²) < 4.78 is 13.0. The first kappa shape index (κ1) is 23.0. The standard InChI is InChI=1S/C25H23Cl2N3O3/c1-2-4-17-7-9-18(10-8-17)32-16-19-11-12-23(33-19)25(31)28-24-13-14-30(29-24)15-20-21(26)5-3-6-22(20)27/h3,5-14H,2,4,15-16H2,1H3,(H,28,29,31). The van der Waals surface area contributed by atoms with Gasteiger partial charge in [-0.2, -0.15) is 5.10 Å². The predicted molar refractivity (Wildman–Crippen MR) is 129 cm³/mol. The van der Waals surface area contributed by atoms with Crippen LogP contribution in [0.4, 0.5) is 5.82 Å². The summed E-state index contributed by atoms with van der Waals surface area (Å²) in [4.78, 5) is 12.5. The van der Waals surface area contributed by atoms with Gasteiger partial charge in [-0.1, -0.05) is 54.7 Å².